The largest absolute Gasteiger partial charge is 0.476 e. The first-order valence-electron chi connectivity index (χ1n) is 6.79. The number of carboxylic acids is 1. The zero-order chi connectivity index (χ0) is 16.3. The van der Waals surface area contributed by atoms with Gasteiger partial charge in [-0.2, -0.15) is 0 Å². The molecule has 0 aliphatic rings. The van der Waals surface area contributed by atoms with Crippen molar-refractivity contribution in [1.82, 2.24) is 20.3 Å². The van der Waals surface area contributed by atoms with Crippen LogP contribution in [-0.4, -0.2) is 32.0 Å². The summed E-state index contributed by atoms with van der Waals surface area (Å²) in [5, 5.41) is 18.8. The molecule has 0 aliphatic heterocycles. The molecule has 116 valence electrons. The van der Waals surface area contributed by atoms with Crippen LogP contribution in [0.1, 0.15) is 35.5 Å². The minimum atomic E-state index is -1.17. The van der Waals surface area contributed by atoms with Crippen LogP contribution in [0, 0.1) is 6.92 Å². The summed E-state index contributed by atoms with van der Waals surface area (Å²) < 4.78 is 1.20. The first-order valence-corrected chi connectivity index (χ1v) is 6.79. The molecule has 2 aromatic rings. The van der Waals surface area contributed by atoms with Crippen molar-refractivity contribution in [2.45, 2.75) is 32.9 Å². The molecule has 0 bridgehead atoms. The van der Waals surface area contributed by atoms with E-state index in [0.717, 1.165) is 11.1 Å². The minimum Gasteiger partial charge on any atom is -0.476 e. The summed E-state index contributed by atoms with van der Waals surface area (Å²) in [6.45, 7) is 5.72. The van der Waals surface area contributed by atoms with Crippen molar-refractivity contribution in [2.24, 2.45) is 0 Å². The number of aromatic carboxylic acids is 1. The normalized spacial score (nSPS) is 11.2. The van der Waals surface area contributed by atoms with Gasteiger partial charge in [-0.3, -0.25) is 4.79 Å². The molecular weight excluding hydrogens is 284 g/mol. The van der Waals surface area contributed by atoms with Crippen molar-refractivity contribution in [3.63, 3.8) is 0 Å². The van der Waals surface area contributed by atoms with Gasteiger partial charge in [0.05, 0.1) is 11.7 Å². The highest BCUT2D eigenvalue weighted by atomic mass is 16.4. The predicted molar refractivity (Wildman–Crippen MR) is 79.3 cm³/mol. The van der Waals surface area contributed by atoms with Gasteiger partial charge in [-0.1, -0.05) is 35.0 Å². The highest BCUT2D eigenvalue weighted by Crippen LogP contribution is 2.20. The van der Waals surface area contributed by atoms with Crippen LogP contribution in [0.2, 0.25) is 0 Å². The summed E-state index contributed by atoms with van der Waals surface area (Å²) in [6, 6.07) is 7.89. The van der Waals surface area contributed by atoms with Gasteiger partial charge in [0.15, 0.2) is 5.69 Å². The van der Waals surface area contributed by atoms with Crippen molar-refractivity contribution < 1.29 is 14.7 Å². The first-order chi connectivity index (χ1) is 10.3. The lowest BCUT2D eigenvalue weighted by Gasteiger charge is -2.27. The van der Waals surface area contributed by atoms with E-state index in [1.54, 1.807) is 0 Å². The Morgan fingerprint density at radius 2 is 2.09 bits per heavy atom. The van der Waals surface area contributed by atoms with Crippen LogP contribution in [0.5, 0.6) is 0 Å². The number of nitrogens with one attached hydrogen (secondary N) is 1. The zero-order valence-corrected chi connectivity index (χ0v) is 12.7. The number of nitrogens with zero attached hydrogens (tertiary/aromatic N) is 3. The Labute approximate surface area is 128 Å². The molecule has 0 saturated heterocycles. The van der Waals surface area contributed by atoms with Crippen molar-refractivity contribution in [3.05, 3.63) is 47.3 Å². The number of carbonyl (C=O) groups excluding carboxylic acids is 1. The topological polar surface area (TPSA) is 97.1 Å². The number of carboxylic acid groups (broad SMARTS) is 1. The van der Waals surface area contributed by atoms with Crippen LogP contribution in [0.4, 0.5) is 0 Å². The van der Waals surface area contributed by atoms with Crippen molar-refractivity contribution in [3.8, 4) is 0 Å². The second-order valence-electron chi connectivity index (χ2n) is 5.65. The number of benzene rings is 1. The van der Waals surface area contributed by atoms with E-state index in [0.29, 0.717) is 0 Å². The van der Waals surface area contributed by atoms with Crippen molar-refractivity contribution >= 4 is 11.9 Å². The molecule has 7 heteroatoms. The number of hydrogen-bond donors (Lipinski definition) is 2. The molecule has 2 rings (SSSR count). The number of amides is 1. The molecule has 1 aromatic carbocycles. The lowest BCUT2D eigenvalue weighted by molar-refractivity contribution is -0.123. The fraction of sp³-hybridized carbons (Fsp3) is 0.333. The molecule has 0 radical (unpaired) electrons. The third-order valence-electron chi connectivity index (χ3n) is 3.26. The van der Waals surface area contributed by atoms with Crippen LogP contribution < -0.4 is 5.32 Å². The number of rotatable bonds is 5. The van der Waals surface area contributed by atoms with Crippen LogP contribution in [0.25, 0.3) is 0 Å². The molecule has 1 heterocycles. The number of aromatic nitrogens is 3. The van der Waals surface area contributed by atoms with Crippen molar-refractivity contribution in [1.29, 1.82) is 0 Å². The first kappa shape index (κ1) is 15.7. The summed E-state index contributed by atoms with van der Waals surface area (Å²) >= 11 is 0. The van der Waals surface area contributed by atoms with E-state index >= 15 is 0 Å². The molecule has 22 heavy (non-hydrogen) atoms. The van der Waals surface area contributed by atoms with Gasteiger partial charge < -0.3 is 10.4 Å². The number of carbonyl (C=O) groups is 2. The number of aryl methyl sites for hydroxylation is 1. The lowest BCUT2D eigenvalue weighted by atomic mass is 9.93. The molecule has 0 fully saturated rings. The van der Waals surface area contributed by atoms with E-state index in [1.165, 1.54) is 10.9 Å². The summed E-state index contributed by atoms with van der Waals surface area (Å²) in [5.41, 5.74) is 1.37. The smallest absolute Gasteiger partial charge is 0.358 e. The second kappa shape index (κ2) is 5.97. The van der Waals surface area contributed by atoms with Gasteiger partial charge in [0.2, 0.25) is 5.91 Å². The van der Waals surface area contributed by atoms with E-state index in [2.05, 4.69) is 15.6 Å². The predicted octanol–water partition coefficient (Wildman–Crippen LogP) is 1.34. The average Bonchev–Trinajstić information content (AvgIpc) is 2.86. The van der Waals surface area contributed by atoms with Gasteiger partial charge in [-0.05, 0) is 26.3 Å². The van der Waals surface area contributed by atoms with Gasteiger partial charge in [0.25, 0.3) is 0 Å². The van der Waals surface area contributed by atoms with Crippen molar-refractivity contribution in [2.75, 3.05) is 0 Å². The lowest BCUT2D eigenvalue weighted by Crippen LogP contribution is -2.42. The molecule has 0 saturated carbocycles. The average molecular weight is 302 g/mol. The van der Waals surface area contributed by atoms with E-state index in [-0.39, 0.29) is 18.1 Å². The fourth-order valence-electron chi connectivity index (χ4n) is 2.11. The molecule has 1 amide bonds. The van der Waals surface area contributed by atoms with E-state index < -0.39 is 11.5 Å². The molecule has 0 spiro atoms. The molecule has 2 N–H and O–H groups in total. The van der Waals surface area contributed by atoms with Crippen LogP contribution >= 0.6 is 0 Å². The quantitative estimate of drug-likeness (QED) is 0.868. The summed E-state index contributed by atoms with van der Waals surface area (Å²) in [5.74, 6) is -1.44. The maximum Gasteiger partial charge on any atom is 0.358 e. The van der Waals surface area contributed by atoms with E-state index in [9.17, 15) is 9.59 Å². The maximum atomic E-state index is 12.1. The third kappa shape index (κ3) is 3.69. The number of hydrogen-bond acceptors (Lipinski definition) is 4. The zero-order valence-electron chi connectivity index (χ0n) is 12.7. The van der Waals surface area contributed by atoms with Crippen LogP contribution in [-0.2, 0) is 16.9 Å². The molecule has 0 unspecified atom stereocenters. The van der Waals surface area contributed by atoms with Gasteiger partial charge in [-0.15, -0.1) is 5.10 Å². The second-order valence-corrected chi connectivity index (χ2v) is 5.65. The Balaban J connectivity index is 2.05. The standard InChI is InChI=1S/C15H18N4O3/c1-10-5-4-6-11(7-10)15(2,3)16-13(20)9-19-8-12(14(21)22)17-18-19/h4-8H,9H2,1-3H3,(H,16,20)(H,21,22). The highest BCUT2D eigenvalue weighted by molar-refractivity contribution is 5.84. The summed E-state index contributed by atoms with van der Waals surface area (Å²) in [7, 11) is 0. The Bertz CT molecular complexity index is 706. The van der Waals surface area contributed by atoms with Gasteiger partial charge in [-0.25, -0.2) is 9.48 Å². The summed E-state index contributed by atoms with van der Waals surface area (Å²) in [4.78, 5) is 22.8. The Morgan fingerprint density at radius 1 is 1.36 bits per heavy atom. The third-order valence-corrected chi connectivity index (χ3v) is 3.26. The molecule has 1 aromatic heterocycles. The fourth-order valence-corrected chi connectivity index (χ4v) is 2.11. The summed E-state index contributed by atoms with van der Waals surface area (Å²) in [6.07, 6.45) is 1.22. The molecular formula is C15H18N4O3. The SMILES string of the molecule is Cc1cccc(C(C)(C)NC(=O)Cn2cc(C(=O)O)nn2)c1. The maximum absolute atomic E-state index is 12.1. The Kier molecular flexibility index (Phi) is 4.25. The monoisotopic (exact) mass is 302 g/mol. The van der Waals surface area contributed by atoms with E-state index in [1.807, 2.05) is 45.0 Å². The molecule has 0 atom stereocenters. The molecule has 7 nitrogen and oxygen atoms in total. The Hall–Kier alpha value is -2.70. The van der Waals surface area contributed by atoms with Crippen LogP contribution in [0.15, 0.2) is 30.5 Å². The molecule has 0 aliphatic carbocycles. The highest BCUT2D eigenvalue weighted by Gasteiger charge is 2.23. The van der Waals surface area contributed by atoms with Gasteiger partial charge >= 0.3 is 5.97 Å². The van der Waals surface area contributed by atoms with E-state index in [4.69, 9.17) is 5.11 Å². The van der Waals surface area contributed by atoms with Gasteiger partial charge in [0, 0.05) is 0 Å². The van der Waals surface area contributed by atoms with Gasteiger partial charge in [0.1, 0.15) is 6.54 Å². The minimum absolute atomic E-state index is 0.0878. The van der Waals surface area contributed by atoms with Crippen LogP contribution in [0.3, 0.4) is 0 Å². The Morgan fingerprint density at radius 3 is 2.68 bits per heavy atom.